The molecule has 0 fully saturated rings. The van der Waals surface area contributed by atoms with Gasteiger partial charge < -0.3 is 10.1 Å². The number of anilines is 1. The number of aromatic nitrogens is 2. The topological polar surface area (TPSA) is 47.0 Å². The van der Waals surface area contributed by atoms with Gasteiger partial charge in [-0.05, 0) is 35.0 Å². The van der Waals surface area contributed by atoms with Crippen molar-refractivity contribution in [3.05, 3.63) is 40.6 Å². The molecule has 0 aliphatic carbocycles. The van der Waals surface area contributed by atoms with E-state index in [2.05, 4.69) is 31.2 Å². The first-order valence-corrected chi connectivity index (χ1v) is 5.93. The summed E-state index contributed by atoms with van der Waals surface area (Å²) in [7, 11) is 1.82. The van der Waals surface area contributed by atoms with Gasteiger partial charge in [0.25, 0.3) is 0 Å². The second-order valence-corrected chi connectivity index (χ2v) is 4.29. The van der Waals surface area contributed by atoms with Crippen molar-refractivity contribution in [2.45, 2.75) is 6.92 Å². The van der Waals surface area contributed by atoms with E-state index >= 15 is 0 Å². The van der Waals surface area contributed by atoms with Gasteiger partial charge in [-0.1, -0.05) is 12.1 Å². The molecule has 0 spiro atoms. The molecule has 1 N–H and O–H groups in total. The molecule has 4 nitrogen and oxygen atoms in total. The van der Waals surface area contributed by atoms with E-state index in [9.17, 15) is 0 Å². The van der Waals surface area contributed by atoms with E-state index in [0.717, 1.165) is 21.6 Å². The Hall–Kier alpha value is -1.62. The lowest BCUT2D eigenvalue weighted by molar-refractivity contribution is 0.455. The SMILES string of the molecule is CNc1ncnc(Oc2ccccc2Br)c1C. The van der Waals surface area contributed by atoms with Crippen molar-refractivity contribution in [1.82, 2.24) is 9.97 Å². The Labute approximate surface area is 108 Å². The van der Waals surface area contributed by atoms with Gasteiger partial charge >= 0.3 is 0 Å². The van der Waals surface area contributed by atoms with Gasteiger partial charge in [0, 0.05) is 7.05 Å². The molecular weight excluding hydrogens is 282 g/mol. The molecule has 0 amide bonds. The number of hydrogen-bond acceptors (Lipinski definition) is 4. The van der Waals surface area contributed by atoms with Crippen LogP contribution in [0.15, 0.2) is 35.1 Å². The van der Waals surface area contributed by atoms with Gasteiger partial charge in [-0.3, -0.25) is 0 Å². The third-order valence-electron chi connectivity index (χ3n) is 2.32. The van der Waals surface area contributed by atoms with Gasteiger partial charge in [-0.15, -0.1) is 0 Å². The smallest absolute Gasteiger partial charge is 0.227 e. The monoisotopic (exact) mass is 293 g/mol. The minimum Gasteiger partial charge on any atom is -0.437 e. The van der Waals surface area contributed by atoms with Crippen molar-refractivity contribution in [3.63, 3.8) is 0 Å². The number of rotatable bonds is 3. The summed E-state index contributed by atoms with van der Waals surface area (Å²) < 4.78 is 6.64. The number of hydrogen-bond donors (Lipinski definition) is 1. The van der Waals surface area contributed by atoms with Crippen LogP contribution in [0.25, 0.3) is 0 Å². The Morgan fingerprint density at radius 1 is 1.24 bits per heavy atom. The molecule has 88 valence electrons. The molecule has 0 atom stereocenters. The molecule has 0 unspecified atom stereocenters. The maximum Gasteiger partial charge on any atom is 0.227 e. The van der Waals surface area contributed by atoms with Gasteiger partial charge in [-0.25, -0.2) is 9.97 Å². The highest BCUT2D eigenvalue weighted by molar-refractivity contribution is 9.10. The van der Waals surface area contributed by atoms with Crippen LogP contribution in [0.2, 0.25) is 0 Å². The van der Waals surface area contributed by atoms with Crippen LogP contribution in [0.5, 0.6) is 11.6 Å². The molecular formula is C12H12BrN3O. The molecule has 1 aromatic carbocycles. The summed E-state index contributed by atoms with van der Waals surface area (Å²) in [6.07, 6.45) is 1.48. The highest BCUT2D eigenvalue weighted by Crippen LogP contribution is 2.30. The highest BCUT2D eigenvalue weighted by atomic mass is 79.9. The van der Waals surface area contributed by atoms with Gasteiger partial charge in [0.1, 0.15) is 17.9 Å². The minimum absolute atomic E-state index is 0.552. The zero-order valence-electron chi connectivity index (χ0n) is 9.57. The summed E-state index contributed by atoms with van der Waals surface area (Å²) in [6.45, 7) is 1.91. The largest absolute Gasteiger partial charge is 0.437 e. The average Bonchev–Trinajstić information content (AvgIpc) is 2.34. The number of para-hydroxylation sites is 1. The van der Waals surface area contributed by atoms with Crippen molar-refractivity contribution < 1.29 is 4.74 Å². The summed E-state index contributed by atoms with van der Waals surface area (Å²) in [4.78, 5) is 8.24. The van der Waals surface area contributed by atoms with E-state index in [1.54, 1.807) is 0 Å². The molecule has 2 aromatic rings. The van der Waals surface area contributed by atoms with E-state index in [1.807, 2.05) is 38.2 Å². The number of ether oxygens (including phenoxy) is 1. The fraction of sp³-hybridized carbons (Fsp3) is 0.167. The predicted octanol–water partition coefficient (Wildman–Crippen LogP) is 3.38. The van der Waals surface area contributed by atoms with Crippen molar-refractivity contribution in [2.75, 3.05) is 12.4 Å². The molecule has 17 heavy (non-hydrogen) atoms. The lowest BCUT2D eigenvalue weighted by atomic mass is 10.3. The molecule has 0 saturated heterocycles. The maximum absolute atomic E-state index is 5.74. The Morgan fingerprint density at radius 3 is 2.71 bits per heavy atom. The predicted molar refractivity (Wildman–Crippen MR) is 70.5 cm³/mol. The number of halogens is 1. The molecule has 0 aliphatic rings. The van der Waals surface area contributed by atoms with Crippen molar-refractivity contribution >= 4 is 21.7 Å². The van der Waals surface area contributed by atoms with Crippen LogP contribution in [0.3, 0.4) is 0 Å². The van der Waals surface area contributed by atoms with Gasteiger partial charge in [-0.2, -0.15) is 0 Å². The third kappa shape index (κ3) is 2.55. The second kappa shape index (κ2) is 5.14. The van der Waals surface area contributed by atoms with E-state index in [-0.39, 0.29) is 0 Å². The molecule has 1 aromatic heterocycles. The summed E-state index contributed by atoms with van der Waals surface area (Å²) in [5.41, 5.74) is 0.880. The van der Waals surface area contributed by atoms with E-state index in [4.69, 9.17) is 4.74 Å². The first-order valence-electron chi connectivity index (χ1n) is 5.14. The molecule has 0 bridgehead atoms. The molecule has 1 heterocycles. The summed E-state index contributed by atoms with van der Waals surface area (Å²) >= 11 is 3.43. The molecule has 2 rings (SSSR count). The number of benzene rings is 1. The fourth-order valence-corrected chi connectivity index (χ4v) is 1.79. The summed E-state index contributed by atoms with van der Waals surface area (Å²) in [6, 6.07) is 7.65. The molecule has 5 heteroatoms. The summed E-state index contributed by atoms with van der Waals surface area (Å²) in [5, 5.41) is 2.99. The van der Waals surface area contributed by atoms with Crippen LogP contribution in [0, 0.1) is 6.92 Å². The third-order valence-corrected chi connectivity index (χ3v) is 2.97. The Bertz CT molecular complexity index is 531. The van der Waals surface area contributed by atoms with Crippen LogP contribution in [-0.4, -0.2) is 17.0 Å². The number of nitrogens with one attached hydrogen (secondary N) is 1. The Balaban J connectivity index is 2.34. The van der Waals surface area contributed by atoms with Crippen molar-refractivity contribution in [1.29, 1.82) is 0 Å². The molecule has 0 radical (unpaired) electrons. The van der Waals surface area contributed by atoms with E-state index < -0.39 is 0 Å². The van der Waals surface area contributed by atoms with Crippen molar-refractivity contribution in [2.24, 2.45) is 0 Å². The maximum atomic E-state index is 5.74. The summed E-state index contributed by atoms with van der Waals surface area (Å²) in [5.74, 6) is 2.05. The normalized spacial score (nSPS) is 10.1. The standard InChI is InChI=1S/C12H12BrN3O/c1-8-11(14-2)15-7-16-12(8)17-10-6-4-3-5-9(10)13/h3-7H,1-2H3,(H,14,15,16). The van der Waals surface area contributed by atoms with Gasteiger partial charge in [0.2, 0.25) is 5.88 Å². The number of nitrogens with zero attached hydrogens (tertiary/aromatic N) is 2. The van der Waals surface area contributed by atoms with E-state index in [0.29, 0.717) is 5.88 Å². The van der Waals surface area contributed by atoms with Crippen LogP contribution < -0.4 is 10.1 Å². The Kier molecular flexibility index (Phi) is 3.58. The van der Waals surface area contributed by atoms with E-state index in [1.165, 1.54) is 6.33 Å². The zero-order chi connectivity index (χ0) is 12.3. The van der Waals surface area contributed by atoms with Crippen LogP contribution >= 0.6 is 15.9 Å². The van der Waals surface area contributed by atoms with Gasteiger partial charge in [0.05, 0.1) is 10.0 Å². The van der Waals surface area contributed by atoms with Crippen LogP contribution in [0.1, 0.15) is 5.56 Å². The van der Waals surface area contributed by atoms with Gasteiger partial charge in [0.15, 0.2) is 0 Å². The Morgan fingerprint density at radius 2 is 2.00 bits per heavy atom. The first kappa shape index (κ1) is 11.9. The van der Waals surface area contributed by atoms with Crippen LogP contribution in [0.4, 0.5) is 5.82 Å². The second-order valence-electron chi connectivity index (χ2n) is 3.43. The lowest BCUT2D eigenvalue weighted by Gasteiger charge is -2.10. The minimum atomic E-state index is 0.552. The lowest BCUT2D eigenvalue weighted by Crippen LogP contribution is -1.99. The average molecular weight is 294 g/mol. The zero-order valence-corrected chi connectivity index (χ0v) is 11.2. The quantitative estimate of drug-likeness (QED) is 0.942. The fourth-order valence-electron chi connectivity index (χ4n) is 1.42. The van der Waals surface area contributed by atoms with Crippen molar-refractivity contribution in [3.8, 4) is 11.6 Å². The first-order chi connectivity index (χ1) is 8.22. The highest BCUT2D eigenvalue weighted by Gasteiger charge is 2.09. The molecule has 0 saturated carbocycles. The van der Waals surface area contributed by atoms with Crippen LogP contribution in [-0.2, 0) is 0 Å². The molecule has 0 aliphatic heterocycles.